The molecule has 2 N–H and O–H groups in total. The van der Waals surface area contributed by atoms with E-state index in [1.165, 1.54) is 42.5 Å². The van der Waals surface area contributed by atoms with E-state index in [0.29, 0.717) is 11.8 Å². The fourth-order valence-electron chi connectivity index (χ4n) is 10.3. The highest BCUT2D eigenvalue weighted by Crippen LogP contribution is 2.78. The number of piperidine rings is 1. The average Bonchev–Trinajstić information content (AvgIpc) is 3.64. The van der Waals surface area contributed by atoms with Crippen molar-refractivity contribution in [2.45, 2.75) is 81.6 Å². The fraction of sp³-hybridized carbons (Fsp3) is 0.625. The lowest BCUT2D eigenvalue weighted by atomic mass is 9.32. The van der Waals surface area contributed by atoms with Crippen LogP contribution in [0.1, 0.15) is 62.1 Å². The minimum absolute atomic E-state index is 0.0519. The SMILES string of the molecule is CO[C@]12CC[C@@]3(C[C@]1(C)CNCc1ccccc1)[C@H]1Cc4ccc(O)c5c4[C@@]3(CCN1CC1CC1)C2O5. The van der Waals surface area contributed by atoms with Crippen molar-refractivity contribution in [2.24, 2.45) is 16.7 Å². The smallest absolute Gasteiger partial charge is 0.165 e. The number of ether oxygens (including phenoxy) is 2. The van der Waals surface area contributed by atoms with Gasteiger partial charge in [0.2, 0.25) is 0 Å². The van der Waals surface area contributed by atoms with Gasteiger partial charge in [-0.3, -0.25) is 4.90 Å². The first-order valence-electron chi connectivity index (χ1n) is 14.5. The Morgan fingerprint density at radius 1 is 1.11 bits per heavy atom. The van der Waals surface area contributed by atoms with E-state index >= 15 is 0 Å². The van der Waals surface area contributed by atoms with Crippen LogP contribution in [0, 0.1) is 16.7 Å². The maximum Gasteiger partial charge on any atom is 0.165 e. The summed E-state index contributed by atoms with van der Waals surface area (Å²) < 4.78 is 13.7. The molecule has 0 aromatic heterocycles. The van der Waals surface area contributed by atoms with Crippen LogP contribution in [0.5, 0.6) is 11.5 Å². The molecule has 6 atom stereocenters. The van der Waals surface area contributed by atoms with Gasteiger partial charge in [0.1, 0.15) is 11.7 Å². The molecule has 2 heterocycles. The molecule has 5 heteroatoms. The maximum atomic E-state index is 11.0. The Morgan fingerprint density at radius 3 is 2.73 bits per heavy atom. The van der Waals surface area contributed by atoms with Gasteiger partial charge in [-0.05, 0) is 74.6 Å². The van der Waals surface area contributed by atoms with Crippen molar-refractivity contribution in [1.29, 1.82) is 0 Å². The molecule has 9 rings (SSSR count). The summed E-state index contributed by atoms with van der Waals surface area (Å²) in [7, 11) is 1.92. The lowest BCUT2D eigenvalue weighted by Crippen LogP contribution is -2.83. The number of benzene rings is 2. The highest BCUT2D eigenvalue weighted by molar-refractivity contribution is 5.63. The standard InChI is InChI=1S/C32H40N2O3/c1-29(20-33-17-21-6-4-3-5-7-21)19-30-12-13-32(29,36-2)28-31(30)14-15-34(18-22-8-9-22)25(30)16-23-10-11-24(35)27(37-28)26(23)31/h3-7,10-11,22,25,28,33,35H,8-9,12-20H2,1-2H3/t25-,28?,29-,30-,31+,32+/m1/s1. The van der Waals surface area contributed by atoms with E-state index in [2.05, 4.69) is 53.5 Å². The zero-order chi connectivity index (χ0) is 25.0. The third kappa shape index (κ3) is 2.71. The molecular formula is C32H40N2O3. The van der Waals surface area contributed by atoms with Gasteiger partial charge in [0.25, 0.3) is 0 Å². The lowest BCUT2D eigenvalue weighted by Gasteiger charge is -2.76. The minimum Gasteiger partial charge on any atom is -0.504 e. The molecule has 2 aromatic rings. The van der Waals surface area contributed by atoms with Crippen LogP contribution in [0.25, 0.3) is 0 Å². The second kappa shape index (κ2) is 7.52. The molecule has 1 saturated heterocycles. The van der Waals surface area contributed by atoms with Crippen molar-refractivity contribution >= 4 is 0 Å². The Morgan fingerprint density at radius 2 is 1.95 bits per heavy atom. The van der Waals surface area contributed by atoms with Gasteiger partial charge in [-0.1, -0.05) is 43.3 Å². The third-order valence-corrected chi connectivity index (χ3v) is 11.9. The normalized spacial score (nSPS) is 40.9. The quantitative estimate of drug-likeness (QED) is 0.572. The zero-order valence-corrected chi connectivity index (χ0v) is 22.3. The van der Waals surface area contributed by atoms with Crippen LogP contribution in [0.15, 0.2) is 42.5 Å². The third-order valence-electron chi connectivity index (χ3n) is 11.9. The molecule has 5 nitrogen and oxygen atoms in total. The van der Waals surface area contributed by atoms with Crippen molar-refractivity contribution in [3.63, 3.8) is 0 Å². The summed E-state index contributed by atoms with van der Waals surface area (Å²) in [6, 6.07) is 15.3. The number of aromatic hydroxyl groups is 1. The molecule has 0 radical (unpaired) electrons. The molecular weight excluding hydrogens is 460 g/mol. The van der Waals surface area contributed by atoms with Crippen molar-refractivity contribution in [2.75, 3.05) is 26.7 Å². The van der Waals surface area contributed by atoms with Gasteiger partial charge in [0.05, 0.1) is 0 Å². The summed E-state index contributed by atoms with van der Waals surface area (Å²) in [5.74, 6) is 1.97. The molecule has 4 bridgehead atoms. The van der Waals surface area contributed by atoms with Crippen LogP contribution < -0.4 is 10.1 Å². The highest BCUT2D eigenvalue weighted by Gasteiger charge is 2.82. The van der Waals surface area contributed by atoms with Gasteiger partial charge >= 0.3 is 0 Å². The molecule has 2 spiro atoms. The summed E-state index contributed by atoms with van der Waals surface area (Å²) in [6.07, 6.45) is 8.31. The molecule has 37 heavy (non-hydrogen) atoms. The summed E-state index contributed by atoms with van der Waals surface area (Å²) in [5.41, 5.74) is 3.71. The first-order chi connectivity index (χ1) is 18.0. The topological polar surface area (TPSA) is 54.0 Å². The molecule has 1 unspecified atom stereocenters. The van der Waals surface area contributed by atoms with Crippen molar-refractivity contribution in [3.8, 4) is 11.5 Å². The fourth-order valence-corrected chi connectivity index (χ4v) is 10.3. The largest absolute Gasteiger partial charge is 0.504 e. The Bertz CT molecular complexity index is 1250. The van der Waals surface area contributed by atoms with E-state index in [4.69, 9.17) is 9.47 Å². The second-order valence-corrected chi connectivity index (χ2v) is 13.4. The number of rotatable bonds is 7. The average molecular weight is 501 g/mol. The first kappa shape index (κ1) is 22.9. The number of phenolic OH excluding ortho intramolecular Hbond substituents is 1. The molecule has 7 aliphatic rings. The maximum absolute atomic E-state index is 11.0. The minimum atomic E-state index is -0.387. The van der Waals surface area contributed by atoms with Crippen LogP contribution in [-0.2, 0) is 23.1 Å². The zero-order valence-electron chi connectivity index (χ0n) is 22.3. The Kier molecular flexibility index (Phi) is 4.65. The van der Waals surface area contributed by atoms with Gasteiger partial charge < -0.3 is 19.9 Å². The number of fused-ring (bicyclic) bond motifs is 2. The number of hydrogen-bond donors (Lipinski definition) is 2. The number of nitrogens with one attached hydrogen (secondary N) is 1. The van der Waals surface area contributed by atoms with Crippen LogP contribution in [0.2, 0.25) is 0 Å². The molecule has 2 aliphatic heterocycles. The van der Waals surface area contributed by atoms with Gasteiger partial charge in [-0.25, -0.2) is 0 Å². The van der Waals surface area contributed by atoms with Crippen molar-refractivity contribution < 1.29 is 14.6 Å². The Labute approximate surface area is 220 Å². The predicted octanol–water partition coefficient (Wildman–Crippen LogP) is 4.80. The summed E-state index contributed by atoms with van der Waals surface area (Å²) >= 11 is 0. The number of nitrogens with zero attached hydrogens (tertiary/aromatic N) is 1. The van der Waals surface area contributed by atoms with E-state index in [1.807, 2.05) is 13.2 Å². The Balaban J connectivity index is 1.25. The monoisotopic (exact) mass is 500 g/mol. The summed E-state index contributed by atoms with van der Waals surface area (Å²) in [5, 5.41) is 14.9. The van der Waals surface area contributed by atoms with Crippen LogP contribution in [0.4, 0.5) is 0 Å². The molecule has 2 aromatic carbocycles. The number of phenols is 1. The van der Waals surface area contributed by atoms with E-state index < -0.39 is 0 Å². The predicted molar refractivity (Wildman–Crippen MR) is 143 cm³/mol. The number of likely N-dealkylation sites (tertiary alicyclic amines) is 1. The molecule has 5 fully saturated rings. The number of hydrogen-bond acceptors (Lipinski definition) is 5. The van der Waals surface area contributed by atoms with Gasteiger partial charge in [0, 0.05) is 54.6 Å². The van der Waals surface area contributed by atoms with Crippen LogP contribution in [0.3, 0.4) is 0 Å². The summed E-state index contributed by atoms with van der Waals surface area (Å²) in [4.78, 5) is 2.89. The van der Waals surface area contributed by atoms with E-state index in [0.717, 1.165) is 57.0 Å². The van der Waals surface area contributed by atoms with Crippen molar-refractivity contribution in [3.05, 3.63) is 59.2 Å². The van der Waals surface area contributed by atoms with Gasteiger partial charge in [-0.2, -0.15) is 0 Å². The first-order valence-corrected chi connectivity index (χ1v) is 14.5. The summed E-state index contributed by atoms with van der Waals surface area (Å²) in [6.45, 7) is 6.62. The van der Waals surface area contributed by atoms with E-state index in [9.17, 15) is 5.11 Å². The van der Waals surface area contributed by atoms with E-state index in [1.54, 1.807) is 0 Å². The molecule has 196 valence electrons. The van der Waals surface area contributed by atoms with Gasteiger partial charge in [0.15, 0.2) is 11.5 Å². The van der Waals surface area contributed by atoms with Crippen molar-refractivity contribution in [1.82, 2.24) is 10.2 Å². The Hall–Kier alpha value is -2.08. The molecule has 5 aliphatic carbocycles. The second-order valence-electron chi connectivity index (χ2n) is 13.4. The van der Waals surface area contributed by atoms with E-state index in [-0.39, 0.29) is 27.9 Å². The lowest BCUT2D eigenvalue weighted by molar-refractivity contribution is -0.304. The van der Waals surface area contributed by atoms with Gasteiger partial charge in [-0.15, -0.1) is 0 Å². The van der Waals surface area contributed by atoms with Crippen LogP contribution >= 0.6 is 0 Å². The number of methoxy groups -OCH3 is 1. The molecule has 0 amide bonds. The van der Waals surface area contributed by atoms with Crippen LogP contribution in [-0.4, -0.2) is 54.5 Å². The molecule has 4 saturated carbocycles. The highest BCUT2D eigenvalue weighted by atomic mass is 16.6.